The SMILES string of the molecule is CC(C)c1nnsc1C(N)CC1CCC(F)(F)C1. The van der Waals surface area contributed by atoms with E-state index in [2.05, 4.69) is 9.59 Å². The van der Waals surface area contributed by atoms with Crippen LogP contribution in [0.3, 0.4) is 0 Å². The standard InChI is InChI=1S/C12H19F2N3S/c1-7(2)10-11(18-17-16-10)9(15)5-8-3-4-12(13,14)6-8/h7-9H,3-6,15H2,1-2H3. The van der Waals surface area contributed by atoms with Crippen LogP contribution < -0.4 is 5.73 Å². The molecule has 6 heteroatoms. The van der Waals surface area contributed by atoms with E-state index in [1.54, 1.807) is 0 Å². The van der Waals surface area contributed by atoms with E-state index in [1.165, 1.54) is 11.5 Å². The van der Waals surface area contributed by atoms with E-state index in [1.807, 2.05) is 13.8 Å². The van der Waals surface area contributed by atoms with Crippen molar-refractivity contribution in [2.45, 2.75) is 57.4 Å². The van der Waals surface area contributed by atoms with Gasteiger partial charge in [-0.3, -0.25) is 0 Å². The van der Waals surface area contributed by atoms with Crippen molar-refractivity contribution in [3.63, 3.8) is 0 Å². The molecule has 1 aromatic rings. The zero-order valence-corrected chi connectivity index (χ0v) is 11.5. The van der Waals surface area contributed by atoms with E-state index in [-0.39, 0.29) is 30.7 Å². The molecule has 0 aromatic carbocycles. The Bertz CT molecular complexity index is 406. The summed E-state index contributed by atoms with van der Waals surface area (Å²) in [6.45, 7) is 4.08. The van der Waals surface area contributed by atoms with Gasteiger partial charge in [-0.05, 0) is 36.2 Å². The van der Waals surface area contributed by atoms with Crippen LogP contribution >= 0.6 is 11.5 Å². The van der Waals surface area contributed by atoms with E-state index in [0.717, 1.165) is 10.6 Å². The van der Waals surface area contributed by atoms with Gasteiger partial charge in [0.1, 0.15) is 0 Å². The quantitative estimate of drug-likeness (QED) is 0.915. The minimum Gasteiger partial charge on any atom is -0.323 e. The first-order chi connectivity index (χ1) is 8.39. The van der Waals surface area contributed by atoms with Gasteiger partial charge in [0.15, 0.2) is 0 Å². The normalized spacial score (nSPS) is 24.7. The molecule has 1 aliphatic carbocycles. The number of hydrogen-bond acceptors (Lipinski definition) is 4. The molecule has 0 amide bonds. The molecule has 0 saturated heterocycles. The van der Waals surface area contributed by atoms with Crippen LogP contribution in [0.1, 0.15) is 62.1 Å². The Morgan fingerprint density at radius 2 is 2.22 bits per heavy atom. The monoisotopic (exact) mass is 275 g/mol. The van der Waals surface area contributed by atoms with Crippen molar-refractivity contribution >= 4 is 11.5 Å². The second-order valence-corrected chi connectivity index (χ2v) is 6.27. The minimum atomic E-state index is -2.49. The highest BCUT2D eigenvalue weighted by molar-refractivity contribution is 7.05. The molecule has 0 radical (unpaired) electrons. The predicted octanol–water partition coefficient (Wildman–Crippen LogP) is 3.49. The molecule has 3 nitrogen and oxygen atoms in total. The number of nitrogens with two attached hydrogens (primary N) is 1. The number of aromatic nitrogens is 2. The van der Waals surface area contributed by atoms with Gasteiger partial charge in [-0.1, -0.05) is 18.3 Å². The summed E-state index contributed by atoms with van der Waals surface area (Å²) in [4.78, 5) is 0.959. The summed E-state index contributed by atoms with van der Waals surface area (Å²) < 4.78 is 30.2. The third kappa shape index (κ3) is 3.03. The molecule has 1 fully saturated rings. The van der Waals surface area contributed by atoms with E-state index >= 15 is 0 Å². The van der Waals surface area contributed by atoms with Gasteiger partial charge in [-0.25, -0.2) is 8.78 Å². The van der Waals surface area contributed by atoms with Crippen molar-refractivity contribution in [1.29, 1.82) is 0 Å². The third-order valence-corrected chi connectivity index (χ3v) is 4.39. The molecule has 1 saturated carbocycles. The van der Waals surface area contributed by atoms with Crippen LogP contribution in [0.15, 0.2) is 0 Å². The van der Waals surface area contributed by atoms with Crippen molar-refractivity contribution < 1.29 is 8.78 Å². The zero-order chi connectivity index (χ0) is 13.3. The summed E-state index contributed by atoms with van der Waals surface area (Å²) in [5, 5.41) is 4.08. The topological polar surface area (TPSA) is 51.8 Å². The van der Waals surface area contributed by atoms with Crippen LogP contribution in [-0.4, -0.2) is 15.5 Å². The molecule has 1 heterocycles. The molecule has 2 N–H and O–H groups in total. The summed E-state index contributed by atoms with van der Waals surface area (Å²) in [5.74, 6) is -2.19. The Hall–Kier alpha value is -0.620. The van der Waals surface area contributed by atoms with Crippen molar-refractivity contribution in [2.75, 3.05) is 0 Å². The van der Waals surface area contributed by atoms with Crippen molar-refractivity contribution in [3.8, 4) is 0 Å². The van der Waals surface area contributed by atoms with Crippen LogP contribution in [0.2, 0.25) is 0 Å². The maximum atomic E-state index is 13.1. The molecule has 2 atom stereocenters. The average molecular weight is 275 g/mol. The largest absolute Gasteiger partial charge is 0.323 e. The highest BCUT2D eigenvalue weighted by Gasteiger charge is 2.40. The Labute approximate surface area is 110 Å². The summed E-state index contributed by atoms with van der Waals surface area (Å²) >= 11 is 1.30. The lowest BCUT2D eigenvalue weighted by molar-refractivity contribution is 0.00447. The molecule has 18 heavy (non-hydrogen) atoms. The van der Waals surface area contributed by atoms with Crippen LogP contribution in [0, 0.1) is 5.92 Å². The zero-order valence-electron chi connectivity index (χ0n) is 10.7. The fourth-order valence-electron chi connectivity index (χ4n) is 2.57. The van der Waals surface area contributed by atoms with E-state index in [9.17, 15) is 8.78 Å². The van der Waals surface area contributed by atoms with Gasteiger partial charge in [-0.2, -0.15) is 0 Å². The van der Waals surface area contributed by atoms with Crippen LogP contribution in [0.25, 0.3) is 0 Å². The Balaban J connectivity index is 2.00. The van der Waals surface area contributed by atoms with Crippen LogP contribution in [-0.2, 0) is 0 Å². The molecule has 102 valence electrons. The minimum absolute atomic E-state index is 0.00235. The lowest BCUT2D eigenvalue weighted by Crippen LogP contribution is -2.16. The molecule has 1 aromatic heterocycles. The summed E-state index contributed by atoms with van der Waals surface area (Å²) in [6, 6.07) is -0.207. The third-order valence-electron chi connectivity index (χ3n) is 3.52. The second-order valence-electron chi connectivity index (χ2n) is 5.48. The molecule has 0 bridgehead atoms. The molecular weight excluding hydrogens is 256 g/mol. The van der Waals surface area contributed by atoms with E-state index in [4.69, 9.17) is 5.73 Å². The Kier molecular flexibility index (Phi) is 3.96. The number of nitrogens with zero attached hydrogens (tertiary/aromatic N) is 2. The number of alkyl halides is 2. The molecular formula is C12H19F2N3S. The first-order valence-electron chi connectivity index (χ1n) is 6.34. The molecule has 0 aliphatic heterocycles. The molecule has 2 unspecified atom stereocenters. The summed E-state index contributed by atoms with van der Waals surface area (Å²) in [7, 11) is 0. The van der Waals surface area contributed by atoms with Crippen LogP contribution in [0.5, 0.6) is 0 Å². The second kappa shape index (κ2) is 5.17. The first kappa shape index (κ1) is 13.8. The van der Waals surface area contributed by atoms with Gasteiger partial charge in [0, 0.05) is 18.9 Å². The predicted molar refractivity (Wildman–Crippen MR) is 67.8 cm³/mol. The maximum Gasteiger partial charge on any atom is 0.248 e. The molecule has 1 aliphatic rings. The Morgan fingerprint density at radius 1 is 1.50 bits per heavy atom. The fraction of sp³-hybridized carbons (Fsp3) is 0.833. The van der Waals surface area contributed by atoms with Crippen molar-refractivity contribution in [1.82, 2.24) is 9.59 Å². The smallest absolute Gasteiger partial charge is 0.248 e. The summed E-state index contributed by atoms with van der Waals surface area (Å²) in [6.07, 6.45) is 1.16. The van der Waals surface area contributed by atoms with Crippen LogP contribution in [0.4, 0.5) is 8.78 Å². The first-order valence-corrected chi connectivity index (χ1v) is 7.12. The maximum absolute atomic E-state index is 13.1. The van der Waals surface area contributed by atoms with E-state index in [0.29, 0.717) is 12.8 Å². The highest BCUT2D eigenvalue weighted by Crippen LogP contribution is 2.42. The van der Waals surface area contributed by atoms with Gasteiger partial charge < -0.3 is 5.73 Å². The van der Waals surface area contributed by atoms with Gasteiger partial charge in [0.05, 0.1) is 10.6 Å². The van der Waals surface area contributed by atoms with Gasteiger partial charge in [0.2, 0.25) is 5.92 Å². The lowest BCUT2D eigenvalue weighted by Gasteiger charge is -2.16. The number of hydrogen-bond donors (Lipinski definition) is 1. The van der Waals surface area contributed by atoms with E-state index < -0.39 is 5.92 Å². The van der Waals surface area contributed by atoms with Crippen molar-refractivity contribution in [2.24, 2.45) is 11.7 Å². The summed E-state index contributed by atoms with van der Waals surface area (Å²) in [5.41, 5.74) is 7.05. The molecule has 0 spiro atoms. The Morgan fingerprint density at radius 3 is 2.78 bits per heavy atom. The average Bonchev–Trinajstić information content (AvgIpc) is 2.84. The number of rotatable bonds is 4. The van der Waals surface area contributed by atoms with Gasteiger partial charge >= 0.3 is 0 Å². The highest BCUT2D eigenvalue weighted by atomic mass is 32.1. The van der Waals surface area contributed by atoms with Gasteiger partial charge in [-0.15, -0.1) is 5.10 Å². The van der Waals surface area contributed by atoms with Gasteiger partial charge in [0.25, 0.3) is 0 Å². The fourth-order valence-corrected chi connectivity index (χ4v) is 3.39. The lowest BCUT2D eigenvalue weighted by atomic mass is 9.95. The van der Waals surface area contributed by atoms with Crippen molar-refractivity contribution in [3.05, 3.63) is 10.6 Å². The molecule has 2 rings (SSSR count). The number of halogens is 2.